The molecular formula is C28H26N4O2. The van der Waals surface area contributed by atoms with Crippen LogP contribution >= 0.6 is 0 Å². The summed E-state index contributed by atoms with van der Waals surface area (Å²) in [6.07, 6.45) is 4.33. The van der Waals surface area contributed by atoms with Crippen LogP contribution in [-0.2, 0) is 4.79 Å². The minimum absolute atomic E-state index is 0.00811. The molecule has 1 heterocycles. The molecule has 0 radical (unpaired) electrons. The molecule has 1 saturated carbocycles. The highest BCUT2D eigenvalue weighted by Gasteiger charge is 2.44. The molecule has 1 aromatic heterocycles. The van der Waals surface area contributed by atoms with E-state index in [-0.39, 0.29) is 23.7 Å². The number of hydrogen-bond acceptors (Lipinski definition) is 4. The Kier molecular flexibility index (Phi) is 5.72. The molecule has 2 N–H and O–H groups in total. The molecular weight excluding hydrogens is 424 g/mol. The van der Waals surface area contributed by atoms with E-state index in [9.17, 15) is 9.59 Å². The number of carbonyl (C=O) groups excluding carboxylic acids is 2. The van der Waals surface area contributed by atoms with Crippen molar-refractivity contribution < 1.29 is 9.59 Å². The summed E-state index contributed by atoms with van der Waals surface area (Å²) in [6.45, 7) is 0. The zero-order valence-electron chi connectivity index (χ0n) is 19.2. The highest BCUT2D eigenvalue weighted by molar-refractivity contribution is 6.04. The maximum Gasteiger partial charge on any atom is 0.255 e. The van der Waals surface area contributed by atoms with E-state index in [2.05, 4.69) is 15.6 Å². The van der Waals surface area contributed by atoms with Crippen molar-refractivity contribution >= 4 is 39.6 Å². The average Bonchev–Trinajstić information content (AvgIpc) is 3.65. The zero-order valence-corrected chi connectivity index (χ0v) is 19.2. The summed E-state index contributed by atoms with van der Waals surface area (Å²) in [7, 11) is 3.92. The maximum absolute atomic E-state index is 12.8. The summed E-state index contributed by atoms with van der Waals surface area (Å²) < 4.78 is 0. The molecule has 2 atom stereocenters. The van der Waals surface area contributed by atoms with Crippen LogP contribution in [0, 0.1) is 5.92 Å². The summed E-state index contributed by atoms with van der Waals surface area (Å²) >= 11 is 0. The van der Waals surface area contributed by atoms with Gasteiger partial charge in [-0.3, -0.25) is 14.6 Å². The number of aromatic nitrogens is 1. The minimum Gasteiger partial charge on any atom is -0.378 e. The molecule has 4 aromatic rings. The Labute approximate surface area is 198 Å². The normalized spacial score (nSPS) is 16.6. The van der Waals surface area contributed by atoms with E-state index in [4.69, 9.17) is 0 Å². The number of pyridine rings is 1. The van der Waals surface area contributed by atoms with Crippen molar-refractivity contribution in [3.8, 4) is 0 Å². The number of anilines is 3. The predicted octanol–water partition coefficient (Wildman–Crippen LogP) is 5.30. The Morgan fingerprint density at radius 1 is 0.882 bits per heavy atom. The first-order chi connectivity index (χ1) is 16.5. The van der Waals surface area contributed by atoms with Crippen LogP contribution in [0.25, 0.3) is 10.8 Å². The number of nitrogens with one attached hydrogen (secondary N) is 2. The molecule has 1 aliphatic rings. The quantitative estimate of drug-likeness (QED) is 0.418. The van der Waals surface area contributed by atoms with Gasteiger partial charge in [0, 0.05) is 60.4 Å². The molecule has 6 heteroatoms. The first kappa shape index (κ1) is 21.6. The lowest BCUT2D eigenvalue weighted by molar-refractivity contribution is -0.117. The second-order valence-corrected chi connectivity index (χ2v) is 8.90. The number of fused-ring (bicyclic) bond motifs is 1. The average molecular weight is 451 g/mol. The van der Waals surface area contributed by atoms with Gasteiger partial charge in [0.25, 0.3) is 5.91 Å². The van der Waals surface area contributed by atoms with E-state index in [1.54, 1.807) is 18.5 Å². The summed E-state index contributed by atoms with van der Waals surface area (Å²) in [5, 5.41) is 8.08. The molecule has 1 fully saturated rings. The summed E-state index contributed by atoms with van der Waals surface area (Å²) in [4.78, 5) is 31.8. The molecule has 0 unspecified atom stereocenters. The largest absolute Gasteiger partial charge is 0.378 e. The van der Waals surface area contributed by atoms with Crippen LogP contribution < -0.4 is 15.5 Å². The Balaban J connectivity index is 1.24. The van der Waals surface area contributed by atoms with Gasteiger partial charge in [0.2, 0.25) is 5.91 Å². The molecule has 5 rings (SSSR count). The van der Waals surface area contributed by atoms with Gasteiger partial charge in [0.05, 0.1) is 0 Å². The molecule has 170 valence electrons. The van der Waals surface area contributed by atoms with Gasteiger partial charge in [-0.25, -0.2) is 0 Å². The molecule has 34 heavy (non-hydrogen) atoms. The fourth-order valence-corrected chi connectivity index (χ4v) is 4.22. The highest BCUT2D eigenvalue weighted by Crippen LogP contribution is 2.48. The Morgan fingerprint density at radius 3 is 2.56 bits per heavy atom. The van der Waals surface area contributed by atoms with Crippen molar-refractivity contribution in [2.75, 3.05) is 29.6 Å². The first-order valence-electron chi connectivity index (χ1n) is 11.3. The van der Waals surface area contributed by atoms with Crippen molar-refractivity contribution in [2.24, 2.45) is 5.92 Å². The third kappa shape index (κ3) is 4.62. The summed E-state index contributed by atoms with van der Waals surface area (Å²) in [5.74, 6) is -0.128. The molecule has 6 nitrogen and oxygen atoms in total. The number of amides is 2. The van der Waals surface area contributed by atoms with Crippen molar-refractivity contribution in [3.63, 3.8) is 0 Å². The third-order valence-corrected chi connectivity index (χ3v) is 6.23. The second-order valence-electron chi connectivity index (χ2n) is 8.90. The van der Waals surface area contributed by atoms with Crippen LogP contribution in [0.3, 0.4) is 0 Å². The lowest BCUT2D eigenvalue weighted by atomic mass is 10.0. The number of benzene rings is 3. The second kappa shape index (κ2) is 8.98. The zero-order chi connectivity index (χ0) is 23.7. The van der Waals surface area contributed by atoms with Gasteiger partial charge in [0.1, 0.15) is 0 Å². The van der Waals surface area contributed by atoms with Gasteiger partial charge in [-0.2, -0.15) is 0 Å². The number of nitrogens with zero attached hydrogens (tertiary/aromatic N) is 2. The lowest BCUT2D eigenvalue weighted by Gasteiger charge is -2.14. The van der Waals surface area contributed by atoms with Crippen LogP contribution in [0.1, 0.15) is 28.3 Å². The fraction of sp³-hybridized carbons (Fsp3) is 0.179. The van der Waals surface area contributed by atoms with Gasteiger partial charge in [-0.1, -0.05) is 24.3 Å². The first-order valence-corrected chi connectivity index (χ1v) is 11.3. The minimum atomic E-state index is -0.162. The topological polar surface area (TPSA) is 74.3 Å². The number of hydrogen-bond donors (Lipinski definition) is 2. The monoisotopic (exact) mass is 450 g/mol. The smallest absolute Gasteiger partial charge is 0.255 e. The van der Waals surface area contributed by atoms with Gasteiger partial charge < -0.3 is 15.5 Å². The molecule has 0 saturated heterocycles. The SMILES string of the molecule is CN(C)c1cccc(NC(=O)c2cccc([C@@H]3C[C@H]3C(=O)Nc3ccc4cnccc4c3)c2)c1. The molecule has 0 bridgehead atoms. The molecule has 2 amide bonds. The lowest BCUT2D eigenvalue weighted by Crippen LogP contribution is -2.15. The van der Waals surface area contributed by atoms with Gasteiger partial charge in [-0.05, 0) is 71.8 Å². The molecule has 1 aliphatic carbocycles. The molecule has 0 spiro atoms. The van der Waals surface area contributed by atoms with Gasteiger partial charge in [0.15, 0.2) is 0 Å². The van der Waals surface area contributed by atoms with E-state index in [1.165, 1.54) is 0 Å². The van der Waals surface area contributed by atoms with Crippen LogP contribution in [0.5, 0.6) is 0 Å². The molecule has 0 aliphatic heterocycles. The van der Waals surface area contributed by atoms with Gasteiger partial charge in [-0.15, -0.1) is 0 Å². The van der Waals surface area contributed by atoms with E-state index < -0.39 is 0 Å². The van der Waals surface area contributed by atoms with Gasteiger partial charge >= 0.3 is 0 Å². The summed E-state index contributed by atoms with van der Waals surface area (Å²) in [6, 6.07) is 23.0. The van der Waals surface area contributed by atoms with Crippen molar-refractivity contribution in [1.29, 1.82) is 0 Å². The van der Waals surface area contributed by atoms with Crippen LogP contribution in [0.15, 0.2) is 85.2 Å². The van der Waals surface area contributed by atoms with Crippen LogP contribution in [0.4, 0.5) is 17.1 Å². The van der Waals surface area contributed by atoms with E-state index in [0.717, 1.165) is 39.8 Å². The van der Waals surface area contributed by atoms with E-state index in [0.29, 0.717) is 5.56 Å². The van der Waals surface area contributed by atoms with Crippen molar-refractivity contribution in [2.45, 2.75) is 12.3 Å². The standard InChI is InChI=1S/C28H26N4O2/c1-32(2)24-8-4-7-22(15-24)30-27(33)20-6-3-5-19(13-20)25-16-26(25)28(34)31-23-10-9-21-17-29-12-11-18(21)14-23/h3-15,17,25-26H,16H2,1-2H3,(H,30,33)(H,31,34)/t25-,26+/m0/s1. The Morgan fingerprint density at radius 2 is 1.71 bits per heavy atom. The Bertz CT molecular complexity index is 1380. The van der Waals surface area contributed by atoms with Crippen molar-refractivity contribution in [3.05, 3.63) is 96.3 Å². The molecule has 3 aromatic carbocycles. The predicted molar refractivity (Wildman–Crippen MR) is 136 cm³/mol. The Hall–Kier alpha value is -4.19. The van der Waals surface area contributed by atoms with Crippen molar-refractivity contribution in [1.82, 2.24) is 4.98 Å². The number of carbonyl (C=O) groups is 2. The summed E-state index contributed by atoms with van der Waals surface area (Å²) in [5.41, 5.74) is 4.14. The van der Waals surface area contributed by atoms with E-state index >= 15 is 0 Å². The third-order valence-electron chi connectivity index (χ3n) is 6.23. The highest BCUT2D eigenvalue weighted by atomic mass is 16.2. The maximum atomic E-state index is 12.8. The van der Waals surface area contributed by atoms with E-state index in [1.807, 2.05) is 85.7 Å². The van der Waals surface area contributed by atoms with Crippen LogP contribution in [-0.4, -0.2) is 30.9 Å². The number of rotatable bonds is 6. The fourth-order valence-electron chi connectivity index (χ4n) is 4.22. The van der Waals surface area contributed by atoms with Crippen LogP contribution in [0.2, 0.25) is 0 Å².